The largest absolute Gasteiger partial charge is 0.382 e. The first-order chi connectivity index (χ1) is 12.5. The molecule has 0 saturated heterocycles. The van der Waals surface area contributed by atoms with E-state index in [1.54, 1.807) is 6.07 Å². The molecule has 0 unspecified atom stereocenters. The molecule has 2 N–H and O–H groups in total. The molecule has 2 heterocycles. The highest BCUT2D eigenvalue weighted by Gasteiger charge is 2.20. The van der Waals surface area contributed by atoms with Crippen LogP contribution in [0, 0.1) is 13.8 Å². The minimum Gasteiger partial charge on any atom is -0.382 e. The normalized spacial score (nSPS) is 11.0. The summed E-state index contributed by atoms with van der Waals surface area (Å²) < 4.78 is 6.84. The van der Waals surface area contributed by atoms with Crippen molar-refractivity contribution in [3.63, 3.8) is 0 Å². The summed E-state index contributed by atoms with van der Waals surface area (Å²) >= 11 is 6.18. The molecule has 26 heavy (non-hydrogen) atoms. The molecule has 0 aliphatic rings. The van der Waals surface area contributed by atoms with Gasteiger partial charge in [-0.15, -0.1) is 5.10 Å². The van der Waals surface area contributed by atoms with Crippen LogP contribution in [-0.4, -0.2) is 25.1 Å². The number of hydrogen-bond donors (Lipinski definition) is 1. The first-order valence-corrected chi connectivity index (χ1v) is 8.30. The number of aromatic nitrogens is 5. The maximum Gasteiger partial charge on any atom is 0.282 e. The van der Waals surface area contributed by atoms with Crippen molar-refractivity contribution in [2.75, 3.05) is 5.73 Å². The van der Waals surface area contributed by atoms with E-state index in [2.05, 4.69) is 20.5 Å². The highest BCUT2D eigenvalue weighted by atomic mass is 35.5. The predicted molar refractivity (Wildman–Crippen MR) is 99.0 cm³/mol. The predicted octanol–water partition coefficient (Wildman–Crippen LogP) is 3.84. The van der Waals surface area contributed by atoms with E-state index in [0.29, 0.717) is 22.4 Å². The summed E-state index contributed by atoms with van der Waals surface area (Å²) in [6, 6.07) is 13.3. The van der Waals surface area contributed by atoms with E-state index in [4.69, 9.17) is 21.9 Å². The lowest BCUT2D eigenvalue weighted by molar-refractivity contribution is 0.431. The molecule has 0 spiro atoms. The molecule has 2 aromatic heterocycles. The van der Waals surface area contributed by atoms with E-state index >= 15 is 0 Å². The van der Waals surface area contributed by atoms with Gasteiger partial charge in [-0.1, -0.05) is 57.9 Å². The van der Waals surface area contributed by atoms with E-state index in [9.17, 15) is 0 Å². The van der Waals surface area contributed by atoms with Gasteiger partial charge in [0.25, 0.3) is 5.89 Å². The van der Waals surface area contributed by atoms with Crippen molar-refractivity contribution in [3.05, 3.63) is 58.6 Å². The lowest BCUT2D eigenvalue weighted by Gasteiger charge is -2.07. The monoisotopic (exact) mass is 366 g/mol. The van der Waals surface area contributed by atoms with Crippen LogP contribution in [0.1, 0.15) is 11.1 Å². The highest BCUT2D eigenvalue weighted by Crippen LogP contribution is 2.29. The van der Waals surface area contributed by atoms with Crippen LogP contribution in [-0.2, 0) is 0 Å². The number of nitrogens with zero attached hydrogens (tertiary/aromatic N) is 5. The summed E-state index contributed by atoms with van der Waals surface area (Å²) in [6.45, 7) is 3.91. The Bertz CT molecular complexity index is 1080. The van der Waals surface area contributed by atoms with Gasteiger partial charge < -0.3 is 10.3 Å². The molecule has 130 valence electrons. The second kappa shape index (κ2) is 6.27. The number of anilines is 1. The van der Waals surface area contributed by atoms with Gasteiger partial charge in [-0.25, -0.2) is 0 Å². The summed E-state index contributed by atoms with van der Waals surface area (Å²) in [5.74, 6) is 0.978. The molecule has 0 aliphatic heterocycles. The third kappa shape index (κ3) is 2.72. The van der Waals surface area contributed by atoms with Gasteiger partial charge in [-0.05, 0) is 31.5 Å². The van der Waals surface area contributed by atoms with Crippen LogP contribution in [0.3, 0.4) is 0 Å². The van der Waals surface area contributed by atoms with Crippen LogP contribution in [0.5, 0.6) is 0 Å². The Labute approximate surface area is 154 Å². The Morgan fingerprint density at radius 2 is 1.85 bits per heavy atom. The number of nitrogen functional groups attached to an aromatic ring is 1. The van der Waals surface area contributed by atoms with Gasteiger partial charge in [0.15, 0.2) is 11.5 Å². The molecule has 0 atom stereocenters. The Hall–Kier alpha value is -3.19. The van der Waals surface area contributed by atoms with Gasteiger partial charge in [0.05, 0.1) is 5.69 Å². The molecule has 2 aromatic carbocycles. The molecule has 4 rings (SSSR count). The first-order valence-electron chi connectivity index (χ1n) is 7.92. The summed E-state index contributed by atoms with van der Waals surface area (Å²) in [6.07, 6.45) is 0. The SMILES string of the molecule is Cc1ccc(-c2noc(-c3nnn(-c4cccc(Cl)c4C)c3N)n2)cc1. The average molecular weight is 367 g/mol. The minimum absolute atomic E-state index is 0.212. The summed E-state index contributed by atoms with van der Waals surface area (Å²) in [5.41, 5.74) is 10.1. The van der Waals surface area contributed by atoms with Gasteiger partial charge >= 0.3 is 0 Å². The molecule has 8 heteroatoms. The minimum atomic E-state index is 0.212. The molecule has 0 radical (unpaired) electrons. The molecule has 0 fully saturated rings. The zero-order chi connectivity index (χ0) is 18.3. The van der Waals surface area contributed by atoms with Gasteiger partial charge in [-0.3, -0.25) is 0 Å². The lowest BCUT2D eigenvalue weighted by Crippen LogP contribution is -2.04. The second-order valence-electron chi connectivity index (χ2n) is 5.91. The van der Waals surface area contributed by atoms with Gasteiger partial charge in [0.1, 0.15) is 0 Å². The standard InChI is InChI=1S/C18H15ClN6O/c1-10-6-8-12(9-7-10)17-21-18(26-23-17)15-16(20)25(24-22-15)14-5-3-4-13(19)11(14)2/h3-9H,20H2,1-2H3. The van der Waals surface area contributed by atoms with Gasteiger partial charge in [0, 0.05) is 10.6 Å². The van der Waals surface area contributed by atoms with Crippen LogP contribution in [0.15, 0.2) is 47.0 Å². The van der Waals surface area contributed by atoms with Crippen LogP contribution >= 0.6 is 11.6 Å². The summed E-state index contributed by atoms with van der Waals surface area (Å²) in [5, 5.41) is 12.8. The fourth-order valence-electron chi connectivity index (χ4n) is 2.58. The Morgan fingerprint density at radius 1 is 1.08 bits per heavy atom. The van der Waals surface area contributed by atoms with E-state index in [1.807, 2.05) is 50.2 Å². The Morgan fingerprint density at radius 3 is 2.62 bits per heavy atom. The Balaban J connectivity index is 1.73. The van der Waals surface area contributed by atoms with Crippen LogP contribution in [0.4, 0.5) is 5.82 Å². The summed E-state index contributed by atoms with van der Waals surface area (Å²) in [4.78, 5) is 4.39. The zero-order valence-electron chi connectivity index (χ0n) is 14.1. The van der Waals surface area contributed by atoms with Crippen LogP contribution in [0.2, 0.25) is 5.02 Å². The van der Waals surface area contributed by atoms with Gasteiger partial charge in [0.2, 0.25) is 5.82 Å². The first kappa shape index (κ1) is 16.3. The molecule has 0 saturated carbocycles. The maximum atomic E-state index is 6.22. The number of hydrogen-bond acceptors (Lipinski definition) is 6. The number of aryl methyl sites for hydroxylation is 1. The fourth-order valence-corrected chi connectivity index (χ4v) is 2.75. The van der Waals surface area contributed by atoms with Crippen LogP contribution < -0.4 is 5.73 Å². The van der Waals surface area contributed by atoms with E-state index in [1.165, 1.54) is 4.68 Å². The molecule has 0 bridgehead atoms. The topological polar surface area (TPSA) is 95.7 Å². The molecule has 4 aromatic rings. The highest BCUT2D eigenvalue weighted by molar-refractivity contribution is 6.31. The quantitative estimate of drug-likeness (QED) is 0.591. The van der Waals surface area contributed by atoms with Gasteiger partial charge in [-0.2, -0.15) is 9.67 Å². The van der Waals surface area contributed by atoms with Crippen molar-refractivity contribution >= 4 is 17.4 Å². The zero-order valence-corrected chi connectivity index (χ0v) is 14.9. The fraction of sp³-hybridized carbons (Fsp3) is 0.111. The van der Waals surface area contributed by atoms with Crippen molar-refractivity contribution in [1.29, 1.82) is 0 Å². The van der Waals surface area contributed by atoms with Crippen molar-refractivity contribution in [1.82, 2.24) is 25.1 Å². The summed E-state index contributed by atoms with van der Waals surface area (Å²) in [7, 11) is 0. The third-order valence-electron chi connectivity index (χ3n) is 4.11. The number of rotatable bonds is 3. The van der Waals surface area contributed by atoms with E-state index in [0.717, 1.165) is 22.4 Å². The molecular formula is C18H15ClN6O. The lowest BCUT2D eigenvalue weighted by atomic mass is 10.1. The maximum absolute atomic E-state index is 6.22. The second-order valence-corrected chi connectivity index (χ2v) is 6.32. The average Bonchev–Trinajstić information content (AvgIpc) is 3.25. The molecule has 7 nitrogen and oxygen atoms in total. The molecule has 0 aliphatic carbocycles. The third-order valence-corrected chi connectivity index (χ3v) is 4.52. The van der Waals surface area contributed by atoms with Crippen molar-refractivity contribution in [3.8, 4) is 28.7 Å². The smallest absolute Gasteiger partial charge is 0.282 e. The number of nitrogens with two attached hydrogens (primary N) is 1. The number of benzene rings is 2. The van der Waals surface area contributed by atoms with Crippen LogP contribution in [0.25, 0.3) is 28.7 Å². The molecule has 0 amide bonds. The Kier molecular flexibility index (Phi) is 3.93. The van der Waals surface area contributed by atoms with E-state index < -0.39 is 0 Å². The molecular weight excluding hydrogens is 352 g/mol. The van der Waals surface area contributed by atoms with E-state index in [-0.39, 0.29) is 5.89 Å². The van der Waals surface area contributed by atoms with Crippen molar-refractivity contribution in [2.45, 2.75) is 13.8 Å². The van der Waals surface area contributed by atoms with Crippen molar-refractivity contribution < 1.29 is 4.52 Å². The number of halogens is 1. The van der Waals surface area contributed by atoms with Crippen molar-refractivity contribution in [2.24, 2.45) is 0 Å².